The molecular weight excluding hydrogens is 358 g/mol. The lowest BCUT2D eigenvalue weighted by molar-refractivity contribution is 0.171. The first kappa shape index (κ1) is 17.6. The molecule has 0 aliphatic carbocycles. The standard InChI is InChI=1S/C20H21N5OS/c1-14-7-9-16(10-8-14)22-20(26)25-12-11-21-13-17(25)19-23-18(24-27-19)15-5-3-2-4-6-15/h2-10,17,21H,11-13H2,1H3,(H,22,26). The van der Waals surface area contributed by atoms with E-state index in [1.54, 1.807) is 0 Å². The first-order valence-electron chi connectivity index (χ1n) is 8.95. The molecule has 7 heteroatoms. The van der Waals surface area contributed by atoms with Crippen LogP contribution >= 0.6 is 11.5 Å². The van der Waals surface area contributed by atoms with Gasteiger partial charge in [0.2, 0.25) is 0 Å². The van der Waals surface area contributed by atoms with Gasteiger partial charge in [-0.05, 0) is 30.6 Å². The number of aryl methyl sites for hydroxylation is 1. The Bertz CT molecular complexity index is 910. The number of carbonyl (C=O) groups excluding carboxylic acids is 1. The summed E-state index contributed by atoms with van der Waals surface area (Å²) < 4.78 is 4.49. The number of benzene rings is 2. The van der Waals surface area contributed by atoms with E-state index in [1.807, 2.05) is 66.4 Å². The zero-order chi connectivity index (χ0) is 18.6. The average Bonchev–Trinajstić information content (AvgIpc) is 3.20. The lowest BCUT2D eigenvalue weighted by Gasteiger charge is -2.34. The van der Waals surface area contributed by atoms with Crippen LogP contribution in [0.3, 0.4) is 0 Å². The first-order chi connectivity index (χ1) is 13.2. The van der Waals surface area contributed by atoms with Crippen molar-refractivity contribution in [2.75, 3.05) is 25.0 Å². The smallest absolute Gasteiger partial charge is 0.312 e. The summed E-state index contributed by atoms with van der Waals surface area (Å²) in [6.07, 6.45) is 0. The molecule has 4 rings (SSSR count). The number of urea groups is 1. The lowest BCUT2D eigenvalue weighted by Crippen LogP contribution is -2.50. The third-order valence-corrected chi connectivity index (χ3v) is 5.38. The zero-order valence-corrected chi connectivity index (χ0v) is 15.9. The fourth-order valence-electron chi connectivity index (χ4n) is 3.08. The first-order valence-corrected chi connectivity index (χ1v) is 9.72. The van der Waals surface area contributed by atoms with E-state index < -0.39 is 0 Å². The van der Waals surface area contributed by atoms with E-state index >= 15 is 0 Å². The number of aromatic nitrogens is 2. The number of nitrogens with zero attached hydrogens (tertiary/aromatic N) is 3. The van der Waals surface area contributed by atoms with Crippen molar-refractivity contribution in [2.45, 2.75) is 13.0 Å². The fourth-order valence-corrected chi connectivity index (χ4v) is 3.86. The molecule has 0 spiro atoms. The number of rotatable bonds is 3. The molecule has 2 N–H and O–H groups in total. The number of anilines is 1. The van der Waals surface area contributed by atoms with Gasteiger partial charge in [-0.2, -0.15) is 4.37 Å². The summed E-state index contributed by atoms with van der Waals surface area (Å²) >= 11 is 1.36. The van der Waals surface area contributed by atoms with Crippen LogP contribution in [0.4, 0.5) is 10.5 Å². The largest absolute Gasteiger partial charge is 0.322 e. The topological polar surface area (TPSA) is 70.2 Å². The van der Waals surface area contributed by atoms with Gasteiger partial charge in [0.25, 0.3) is 0 Å². The van der Waals surface area contributed by atoms with Crippen LogP contribution in [0.1, 0.15) is 16.6 Å². The molecule has 1 saturated heterocycles. The highest BCUT2D eigenvalue weighted by Crippen LogP contribution is 2.27. The summed E-state index contributed by atoms with van der Waals surface area (Å²) in [6.45, 7) is 4.09. The molecular formula is C20H21N5OS. The Balaban J connectivity index is 1.53. The molecule has 2 heterocycles. The third kappa shape index (κ3) is 3.99. The molecule has 0 radical (unpaired) electrons. The van der Waals surface area contributed by atoms with E-state index in [4.69, 9.17) is 4.98 Å². The van der Waals surface area contributed by atoms with Crippen molar-refractivity contribution in [2.24, 2.45) is 0 Å². The molecule has 1 fully saturated rings. The minimum absolute atomic E-state index is 0.109. The molecule has 1 unspecified atom stereocenters. The molecule has 1 aliphatic heterocycles. The minimum Gasteiger partial charge on any atom is -0.312 e. The van der Waals surface area contributed by atoms with Crippen molar-refractivity contribution in [1.29, 1.82) is 0 Å². The summed E-state index contributed by atoms with van der Waals surface area (Å²) in [4.78, 5) is 19.4. The van der Waals surface area contributed by atoms with Gasteiger partial charge in [0.15, 0.2) is 5.82 Å². The highest BCUT2D eigenvalue weighted by molar-refractivity contribution is 7.05. The molecule has 6 nitrogen and oxygen atoms in total. The van der Waals surface area contributed by atoms with E-state index in [-0.39, 0.29) is 12.1 Å². The second-order valence-corrected chi connectivity index (χ2v) is 7.32. The zero-order valence-electron chi connectivity index (χ0n) is 15.1. The molecule has 1 aromatic heterocycles. The summed E-state index contributed by atoms with van der Waals surface area (Å²) in [5, 5.41) is 7.20. The van der Waals surface area contributed by atoms with E-state index in [0.29, 0.717) is 18.9 Å². The van der Waals surface area contributed by atoms with E-state index in [0.717, 1.165) is 28.4 Å². The van der Waals surface area contributed by atoms with Gasteiger partial charge in [0.05, 0.1) is 6.04 Å². The highest BCUT2D eigenvalue weighted by atomic mass is 32.1. The van der Waals surface area contributed by atoms with Gasteiger partial charge >= 0.3 is 6.03 Å². The third-order valence-electron chi connectivity index (χ3n) is 4.57. The molecule has 0 saturated carbocycles. The summed E-state index contributed by atoms with van der Waals surface area (Å²) in [6, 6.07) is 17.5. The quantitative estimate of drug-likeness (QED) is 0.728. The van der Waals surface area contributed by atoms with Gasteiger partial charge in [-0.15, -0.1) is 0 Å². The second kappa shape index (κ2) is 7.85. The molecule has 1 atom stereocenters. The van der Waals surface area contributed by atoms with Crippen LogP contribution in [0, 0.1) is 6.92 Å². The number of amides is 2. The SMILES string of the molecule is Cc1ccc(NC(=O)N2CCNCC2c2nc(-c3ccccc3)ns2)cc1. The molecule has 3 aromatic rings. The van der Waals surface area contributed by atoms with Crippen LogP contribution in [0.25, 0.3) is 11.4 Å². The van der Waals surface area contributed by atoms with Crippen molar-refractivity contribution in [3.8, 4) is 11.4 Å². The predicted molar refractivity (Wildman–Crippen MR) is 108 cm³/mol. The van der Waals surface area contributed by atoms with Gasteiger partial charge in [0, 0.05) is 30.9 Å². The molecule has 1 aliphatic rings. The molecule has 27 heavy (non-hydrogen) atoms. The van der Waals surface area contributed by atoms with Crippen LogP contribution in [0.15, 0.2) is 54.6 Å². The van der Waals surface area contributed by atoms with Crippen LogP contribution in [-0.2, 0) is 0 Å². The van der Waals surface area contributed by atoms with Crippen LogP contribution in [-0.4, -0.2) is 39.9 Å². The Hall–Kier alpha value is -2.77. The van der Waals surface area contributed by atoms with Crippen molar-refractivity contribution < 1.29 is 4.79 Å². The van der Waals surface area contributed by atoms with Crippen molar-refractivity contribution in [1.82, 2.24) is 19.6 Å². The van der Waals surface area contributed by atoms with Crippen molar-refractivity contribution in [3.05, 3.63) is 65.2 Å². The summed E-state index contributed by atoms with van der Waals surface area (Å²) in [5.41, 5.74) is 2.94. The Morgan fingerprint density at radius 2 is 1.96 bits per heavy atom. The van der Waals surface area contributed by atoms with Crippen LogP contribution < -0.4 is 10.6 Å². The maximum atomic E-state index is 12.9. The summed E-state index contributed by atoms with van der Waals surface area (Å²) in [7, 11) is 0. The van der Waals surface area contributed by atoms with Gasteiger partial charge in [-0.25, -0.2) is 9.78 Å². The van der Waals surface area contributed by atoms with E-state index in [9.17, 15) is 4.79 Å². The molecule has 2 aromatic carbocycles. The number of hydrogen-bond acceptors (Lipinski definition) is 5. The Kier molecular flexibility index (Phi) is 5.13. The monoisotopic (exact) mass is 379 g/mol. The normalized spacial score (nSPS) is 16.9. The van der Waals surface area contributed by atoms with E-state index in [2.05, 4.69) is 15.0 Å². The maximum Gasteiger partial charge on any atom is 0.322 e. The van der Waals surface area contributed by atoms with Crippen LogP contribution in [0.2, 0.25) is 0 Å². The van der Waals surface area contributed by atoms with Crippen molar-refractivity contribution >= 4 is 23.3 Å². The van der Waals surface area contributed by atoms with Crippen LogP contribution in [0.5, 0.6) is 0 Å². The number of piperazine rings is 1. The second-order valence-electron chi connectivity index (χ2n) is 6.53. The Labute approximate surface area is 162 Å². The average molecular weight is 379 g/mol. The number of nitrogens with one attached hydrogen (secondary N) is 2. The van der Waals surface area contributed by atoms with Gasteiger partial charge in [0.1, 0.15) is 5.01 Å². The summed E-state index contributed by atoms with van der Waals surface area (Å²) in [5.74, 6) is 0.708. The molecule has 138 valence electrons. The molecule has 2 amide bonds. The highest BCUT2D eigenvalue weighted by Gasteiger charge is 2.30. The molecule has 0 bridgehead atoms. The van der Waals surface area contributed by atoms with Gasteiger partial charge < -0.3 is 15.5 Å². The van der Waals surface area contributed by atoms with Gasteiger partial charge in [-0.3, -0.25) is 0 Å². The fraction of sp³-hybridized carbons (Fsp3) is 0.250. The Morgan fingerprint density at radius 1 is 1.19 bits per heavy atom. The number of hydrogen-bond donors (Lipinski definition) is 2. The Morgan fingerprint density at radius 3 is 2.74 bits per heavy atom. The maximum absolute atomic E-state index is 12.9. The minimum atomic E-state index is -0.126. The lowest BCUT2D eigenvalue weighted by atomic mass is 10.2. The van der Waals surface area contributed by atoms with Crippen molar-refractivity contribution in [3.63, 3.8) is 0 Å². The number of carbonyl (C=O) groups is 1. The predicted octanol–water partition coefficient (Wildman–Crippen LogP) is 3.69. The van der Waals surface area contributed by atoms with Gasteiger partial charge in [-0.1, -0.05) is 48.0 Å². The van der Waals surface area contributed by atoms with E-state index in [1.165, 1.54) is 11.5 Å².